The van der Waals surface area contributed by atoms with E-state index in [0.717, 1.165) is 35.3 Å². The maximum atomic E-state index is 13.0. The summed E-state index contributed by atoms with van der Waals surface area (Å²) in [5.41, 5.74) is 2.95. The van der Waals surface area contributed by atoms with Gasteiger partial charge in [-0.05, 0) is 53.8 Å². The SMILES string of the molecule is O[C@H]1CCc2cc(OCc3cccc(F)c3)ccc21. The zero-order valence-corrected chi connectivity index (χ0v) is 10.5. The molecule has 0 aromatic heterocycles. The van der Waals surface area contributed by atoms with Gasteiger partial charge in [-0.15, -0.1) is 0 Å². The second-order valence-electron chi connectivity index (χ2n) is 4.83. The van der Waals surface area contributed by atoms with Gasteiger partial charge in [0.05, 0.1) is 6.10 Å². The summed E-state index contributed by atoms with van der Waals surface area (Å²) in [5.74, 6) is 0.510. The number of aliphatic hydroxyl groups excluding tert-OH is 1. The van der Waals surface area contributed by atoms with Crippen molar-refractivity contribution >= 4 is 0 Å². The third kappa shape index (κ3) is 2.61. The highest BCUT2D eigenvalue weighted by molar-refractivity contribution is 5.40. The molecule has 0 saturated heterocycles. The molecule has 3 rings (SSSR count). The number of ether oxygens (including phenoxy) is 1. The summed E-state index contributed by atoms with van der Waals surface area (Å²) in [6.45, 7) is 0.346. The van der Waals surface area contributed by atoms with Crippen LogP contribution in [0.5, 0.6) is 5.75 Å². The topological polar surface area (TPSA) is 29.5 Å². The van der Waals surface area contributed by atoms with E-state index in [1.165, 1.54) is 12.1 Å². The molecule has 1 N–H and O–H groups in total. The molecule has 0 spiro atoms. The number of rotatable bonds is 3. The predicted molar refractivity (Wildman–Crippen MR) is 70.5 cm³/mol. The Morgan fingerprint density at radius 3 is 2.95 bits per heavy atom. The maximum Gasteiger partial charge on any atom is 0.123 e. The average Bonchev–Trinajstić information content (AvgIpc) is 2.78. The van der Waals surface area contributed by atoms with Gasteiger partial charge in [-0.3, -0.25) is 0 Å². The van der Waals surface area contributed by atoms with Gasteiger partial charge in [0, 0.05) is 0 Å². The second kappa shape index (κ2) is 5.02. The first kappa shape index (κ1) is 12.2. The van der Waals surface area contributed by atoms with E-state index in [-0.39, 0.29) is 11.9 Å². The van der Waals surface area contributed by atoms with Crippen molar-refractivity contribution < 1.29 is 14.2 Å². The molecule has 2 aromatic rings. The number of aryl methyl sites for hydroxylation is 1. The Morgan fingerprint density at radius 1 is 1.21 bits per heavy atom. The minimum Gasteiger partial charge on any atom is -0.489 e. The minimum atomic E-state index is -0.340. The summed E-state index contributed by atoms with van der Waals surface area (Å²) in [5, 5.41) is 9.73. The number of benzene rings is 2. The van der Waals surface area contributed by atoms with Crippen LogP contribution >= 0.6 is 0 Å². The number of hydrogen-bond donors (Lipinski definition) is 1. The molecule has 98 valence electrons. The lowest BCUT2D eigenvalue weighted by atomic mass is 10.1. The van der Waals surface area contributed by atoms with Gasteiger partial charge in [-0.2, -0.15) is 0 Å². The molecule has 0 fully saturated rings. The number of fused-ring (bicyclic) bond motifs is 1. The van der Waals surface area contributed by atoms with E-state index in [0.29, 0.717) is 6.61 Å². The smallest absolute Gasteiger partial charge is 0.123 e. The molecule has 1 aliphatic carbocycles. The van der Waals surface area contributed by atoms with Gasteiger partial charge in [0.25, 0.3) is 0 Å². The van der Waals surface area contributed by atoms with Crippen molar-refractivity contribution in [2.45, 2.75) is 25.6 Å². The van der Waals surface area contributed by atoms with Crippen LogP contribution in [0.1, 0.15) is 29.2 Å². The van der Waals surface area contributed by atoms with E-state index >= 15 is 0 Å². The van der Waals surface area contributed by atoms with Gasteiger partial charge >= 0.3 is 0 Å². The molecular formula is C16H15FO2. The molecule has 1 aliphatic rings. The fraction of sp³-hybridized carbons (Fsp3) is 0.250. The molecule has 2 aromatic carbocycles. The van der Waals surface area contributed by atoms with Gasteiger partial charge in [0.1, 0.15) is 18.2 Å². The summed E-state index contributed by atoms with van der Waals surface area (Å²) < 4.78 is 18.7. The predicted octanol–water partition coefficient (Wildman–Crippen LogP) is 3.38. The van der Waals surface area contributed by atoms with Gasteiger partial charge in [0.2, 0.25) is 0 Å². The summed E-state index contributed by atoms with van der Waals surface area (Å²) in [7, 11) is 0. The van der Waals surface area contributed by atoms with Crippen LogP contribution in [0.25, 0.3) is 0 Å². The lowest BCUT2D eigenvalue weighted by Crippen LogP contribution is -1.97. The molecule has 0 unspecified atom stereocenters. The van der Waals surface area contributed by atoms with Crippen molar-refractivity contribution in [2.24, 2.45) is 0 Å². The molecule has 0 aliphatic heterocycles. The van der Waals surface area contributed by atoms with E-state index in [1.54, 1.807) is 6.07 Å². The zero-order valence-electron chi connectivity index (χ0n) is 10.5. The van der Waals surface area contributed by atoms with Gasteiger partial charge in [-0.25, -0.2) is 4.39 Å². The monoisotopic (exact) mass is 258 g/mol. The van der Waals surface area contributed by atoms with Crippen molar-refractivity contribution in [1.82, 2.24) is 0 Å². The molecular weight excluding hydrogens is 243 g/mol. The molecule has 19 heavy (non-hydrogen) atoms. The number of aliphatic hydroxyl groups is 1. The van der Waals surface area contributed by atoms with E-state index in [9.17, 15) is 9.50 Å². The summed E-state index contributed by atoms with van der Waals surface area (Å²) in [4.78, 5) is 0. The van der Waals surface area contributed by atoms with Crippen molar-refractivity contribution in [3.63, 3.8) is 0 Å². The molecule has 0 amide bonds. The quantitative estimate of drug-likeness (QED) is 0.914. The van der Waals surface area contributed by atoms with Crippen molar-refractivity contribution in [2.75, 3.05) is 0 Å². The number of hydrogen-bond acceptors (Lipinski definition) is 2. The molecule has 1 atom stereocenters. The Balaban J connectivity index is 1.71. The lowest BCUT2D eigenvalue weighted by Gasteiger charge is -2.09. The molecule has 3 heteroatoms. The first-order valence-corrected chi connectivity index (χ1v) is 6.40. The highest BCUT2D eigenvalue weighted by Gasteiger charge is 2.20. The molecule has 0 radical (unpaired) electrons. The third-order valence-electron chi connectivity index (χ3n) is 3.46. The van der Waals surface area contributed by atoms with Gasteiger partial charge < -0.3 is 9.84 Å². The molecule has 0 bridgehead atoms. The molecule has 0 saturated carbocycles. The van der Waals surface area contributed by atoms with Gasteiger partial charge in [-0.1, -0.05) is 18.2 Å². The third-order valence-corrected chi connectivity index (χ3v) is 3.46. The Labute approximate surface area is 111 Å². The van der Waals surface area contributed by atoms with Gasteiger partial charge in [0.15, 0.2) is 0 Å². The summed E-state index contributed by atoms with van der Waals surface area (Å²) in [6, 6.07) is 12.1. The fourth-order valence-corrected chi connectivity index (χ4v) is 2.45. The van der Waals surface area contributed by atoms with Crippen LogP contribution in [0.3, 0.4) is 0 Å². The first-order valence-electron chi connectivity index (χ1n) is 6.40. The van der Waals surface area contributed by atoms with Crippen LogP contribution in [0, 0.1) is 5.82 Å². The first-order chi connectivity index (χ1) is 9.22. The Bertz CT molecular complexity index is 595. The van der Waals surface area contributed by atoms with E-state index in [4.69, 9.17) is 4.74 Å². The van der Waals surface area contributed by atoms with Crippen LogP contribution in [0.2, 0.25) is 0 Å². The van der Waals surface area contributed by atoms with E-state index in [1.807, 2.05) is 24.3 Å². The van der Waals surface area contributed by atoms with E-state index < -0.39 is 0 Å². The number of halogens is 1. The normalized spacial score (nSPS) is 17.3. The average molecular weight is 258 g/mol. The Hall–Kier alpha value is -1.87. The van der Waals surface area contributed by atoms with E-state index in [2.05, 4.69) is 0 Å². The van der Waals surface area contributed by atoms with Crippen LogP contribution in [-0.2, 0) is 13.0 Å². The second-order valence-corrected chi connectivity index (χ2v) is 4.83. The lowest BCUT2D eigenvalue weighted by molar-refractivity contribution is 0.180. The van der Waals surface area contributed by atoms with Crippen molar-refractivity contribution in [3.8, 4) is 5.75 Å². The fourth-order valence-electron chi connectivity index (χ4n) is 2.45. The maximum absolute atomic E-state index is 13.0. The Kier molecular flexibility index (Phi) is 3.22. The largest absolute Gasteiger partial charge is 0.489 e. The van der Waals surface area contributed by atoms with Crippen molar-refractivity contribution in [3.05, 3.63) is 65.0 Å². The van der Waals surface area contributed by atoms with Crippen LogP contribution in [0.15, 0.2) is 42.5 Å². The van der Waals surface area contributed by atoms with Crippen LogP contribution in [0.4, 0.5) is 4.39 Å². The molecule has 2 nitrogen and oxygen atoms in total. The molecule has 0 heterocycles. The highest BCUT2D eigenvalue weighted by atomic mass is 19.1. The highest BCUT2D eigenvalue weighted by Crippen LogP contribution is 2.33. The zero-order chi connectivity index (χ0) is 13.2. The standard InChI is InChI=1S/C16H15FO2/c17-13-3-1-2-11(8-13)10-19-14-5-6-15-12(9-14)4-7-16(15)18/h1-3,5-6,8-9,16,18H,4,7,10H2/t16-/m0/s1. The van der Waals surface area contributed by atoms with Crippen molar-refractivity contribution in [1.29, 1.82) is 0 Å². The minimum absolute atomic E-state index is 0.252. The van der Waals surface area contributed by atoms with Crippen LogP contribution in [-0.4, -0.2) is 5.11 Å². The summed E-state index contributed by atoms with van der Waals surface area (Å²) >= 11 is 0. The Morgan fingerprint density at radius 2 is 2.11 bits per heavy atom. The van der Waals surface area contributed by atoms with Crippen LogP contribution < -0.4 is 4.74 Å². The summed E-state index contributed by atoms with van der Waals surface area (Å²) in [6.07, 6.45) is 1.32.